The third kappa shape index (κ3) is 5.54. The van der Waals surface area contributed by atoms with E-state index < -0.39 is 10.0 Å². The van der Waals surface area contributed by atoms with Crippen molar-refractivity contribution in [3.8, 4) is 0 Å². The Morgan fingerprint density at radius 2 is 1.93 bits per heavy atom. The van der Waals surface area contributed by atoms with E-state index in [-0.39, 0.29) is 30.1 Å². The zero-order valence-electron chi connectivity index (χ0n) is 16.6. The van der Waals surface area contributed by atoms with E-state index in [4.69, 9.17) is 0 Å². The molecule has 1 aromatic rings. The Morgan fingerprint density at radius 3 is 2.61 bits per heavy atom. The van der Waals surface area contributed by atoms with Crippen LogP contribution in [0.4, 0.5) is 0 Å². The zero-order valence-corrected chi connectivity index (χ0v) is 17.4. The first-order valence-corrected chi connectivity index (χ1v) is 11.7. The van der Waals surface area contributed by atoms with Crippen molar-refractivity contribution in [3.63, 3.8) is 0 Å². The van der Waals surface area contributed by atoms with Gasteiger partial charge in [0.25, 0.3) is 0 Å². The number of likely N-dealkylation sites (tertiary alicyclic amines) is 2. The number of nitrogens with one attached hydrogen (secondary N) is 1. The highest BCUT2D eigenvalue weighted by atomic mass is 32.2. The summed E-state index contributed by atoms with van der Waals surface area (Å²) in [6.45, 7) is 4.58. The van der Waals surface area contributed by atoms with Crippen molar-refractivity contribution in [2.75, 3.05) is 32.4 Å². The lowest BCUT2D eigenvalue weighted by Crippen LogP contribution is -2.46. The van der Waals surface area contributed by atoms with Crippen LogP contribution in [0.1, 0.15) is 30.4 Å². The molecule has 1 N–H and O–H groups in total. The number of nitrogens with zero attached hydrogens (tertiary/aromatic N) is 2. The van der Waals surface area contributed by atoms with E-state index >= 15 is 0 Å². The first-order valence-electron chi connectivity index (χ1n) is 9.78. The van der Waals surface area contributed by atoms with E-state index in [9.17, 15) is 18.0 Å². The van der Waals surface area contributed by atoms with Crippen molar-refractivity contribution in [2.24, 2.45) is 11.8 Å². The standard InChI is InChI=1S/C20H29N3O4S/c1-15-5-7-16(8-6-15)12-23-14-18(10-19(23)24)20(25)22-9-3-4-17(13-22)11-21-28(2,26)27/h5-8,17-18,21H,3-4,9-14H2,1-2H3/t17-,18-/m1/s1. The summed E-state index contributed by atoms with van der Waals surface area (Å²) < 4.78 is 25.1. The van der Waals surface area contributed by atoms with Crippen LogP contribution >= 0.6 is 0 Å². The Bertz CT molecular complexity index is 822. The predicted molar refractivity (Wildman–Crippen MR) is 107 cm³/mol. The lowest BCUT2D eigenvalue weighted by atomic mass is 9.96. The van der Waals surface area contributed by atoms with Crippen LogP contribution in [0.2, 0.25) is 0 Å². The van der Waals surface area contributed by atoms with Gasteiger partial charge in [-0.05, 0) is 31.2 Å². The maximum Gasteiger partial charge on any atom is 0.228 e. The molecular formula is C20H29N3O4S. The van der Waals surface area contributed by atoms with Gasteiger partial charge in [-0.25, -0.2) is 13.1 Å². The zero-order chi connectivity index (χ0) is 20.3. The fourth-order valence-electron chi connectivity index (χ4n) is 3.96. The van der Waals surface area contributed by atoms with Gasteiger partial charge < -0.3 is 9.80 Å². The summed E-state index contributed by atoms with van der Waals surface area (Å²) in [6, 6.07) is 8.08. The first kappa shape index (κ1) is 20.8. The molecule has 8 heteroatoms. The van der Waals surface area contributed by atoms with Crippen molar-refractivity contribution < 1.29 is 18.0 Å². The smallest absolute Gasteiger partial charge is 0.228 e. The molecule has 3 rings (SSSR count). The van der Waals surface area contributed by atoms with Gasteiger partial charge in [-0.2, -0.15) is 0 Å². The molecule has 0 aromatic heterocycles. The predicted octanol–water partition coefficient (Wildman–Crippen LogP) is 1.13. The lowest BCUT2D eigenvalue weighted by Gasteiger charge is -2.34. The van der Waals surface area contributed by atoms with Crippen LogP contribution in [0, 0.1) is 18.8 Å². The summed E-state index contributed by atoms with van der Waals surface area (Å²) in [6.07, 6.45) is 3.16. The SMILES string of the molecule is Cc1ccc(CN2C[C@H](C(=O)N3CCC[C@H](CNS(C)(=O)=O)C3)CC2=O)cc1. The van der Waals surface area contributed by atoms with Crippen LogP contribution in [-0.4, -0.2) is 62.5 Å². The number of carbonyl (C=O) groups is 2. The molecule has 0 radical (unpaired) electrons. The molecule has 7 nitrogen and oxygen atoms in total. The molecule has 2 aliphatic rings. The summed E-state index contributed by atoms with van der Waals surface area (Å²) in [7, 11) is -3.23. The third-order valence-corrected chi connectivity index (χ3v) is 6.21. The molecule has 2 amide bonds. The van der Waals surface area contributed by atoms with E-state index in [1.807, 2.05) is 36.1 Å². The summed E-state index contributed by atoms with van der Waals surface area (Å²) in [5, 5.41) is 0. The van der Waals surface area contributed by atoms with Gasteiger partial charge in [-0.3, -0.25) is 9.59 Å². The van der Waals surface area contributed by atoms with Gasteiger partial charge in [0.1, 0.15) is 0 Å². The summed E-state index contributed by atoms with van der Waals surface area (Å²) >= 11 is 0. The second-order valence-electron chi connectivity index (χ2n) is 8.07. The Kier molecular flexibility index (Phi) is 6.40. The molecule has 2 aliphatic heterocycles. The third-order valence-electron chi connectivity index (χ3n) is 5.52. The second kappa shape index (κ2) is 8.61. The molecule has 2 atom stereocenters. The first-order chi connectivity index (χ1) is 13.2. The van der Waals surface area contributed by atoms with Gasteiger partial charge in [0.2, 0.25) is 21.8 Å². The molecule has 28 heavy (non-hydrogen) atoms. The fraction of sp³-hybridized carbons (Fsp3) is 0.600. The normalized spacial score (nSPS) is 23.3. The Balaban J connectivity index is 1.55. The molecule has 1 aromatic carbocycles. The molecular weight excluding hydrogens is 378 g/mol. The van der Waals surface area contributed by atoms with Crippen LogP contribution in [0.3, 0.4) is 0 Å². The number of hydrogen-bond acceptors (Lipinski definition) is 4. The van der Waals surface area contributed by atoms with Gasteiger partial charge in [0.05, 0.1) is 12.2 Å². The highest BCUT2D eigenvalue weighted by Crippen LogP contribution is 2.25. The Hall–Kier alpha value is -1.93. The highest BCUT2D eigenvalue weighted by Gasteiger charge is 2.37. The average molecular weight is 408 g/mol. The summed E-state index contributed by atoms with van der Waals surface area (Å²) in [5.41, 5.74) is 2.24. The van der Waals surface area contributed by atoms with E-state index in [1.54, 1.807) is 4.90 Å². The maximum atomic E-state index is 12.9. The van der Waals surface area contributed by atoms with Crippen molar-refractivity contribution in [3.05, 3.63) is 35.4 Å². The van der Waals surface area contributed by atoms with Crippen LogP contribution in [0.25, 0.3) is 0 Å². The van der Waals surface area contributed by atoms with Crippen LogP contribution in [-0.2, 0) is 26.2 Å². The highest BCUT2D eigenvalue weighted by molar-refractivity contribution is 7.88. The largest absolute Gasteiger partial charge is 0.342 e. The molecule has 2 saturated heterocycles. The monoisotopic (exact) mass is 407 g/mol. The molecule has 0 saturated carbocycles. The van der Waals surface area contributed by atoms with Crippen molar-refractivity contribution in [1.82, 2.24) is 14.5 Å². The number of amides is 2. The molecule has 0 aliphatic carbocycles. The summed E-state index contributed by atoms with van der Waals surface area (Å²) in [5.74, 6) is -0.150. The van der Waals surface area contributed by atoms with E-state index in [0.29, 0.717) is 32.7 Å². The van der Waals surface area contributed by atoms with E-state index in [1.165, 1.54) is 5.56 Å². The second-order valence-corrected chi connectivity index (χ2v) is 9.91. The number of sulfonamides is 1. The van der Waals surface area contributed by atoms with Crippen molar-refractivity contribution in [2.45, 2.75) is 32.7 Å². The maximum absolute atomic E-state index is 12.9. The Morgan fingerprint density at radius 1 is 1.21 bits per heavy atom. The minimum Gasteiger partial charge on any atom is -0.342 e. The van der Waals surface area contributed by atoms with Gasteiger partial charge in [-0.1, -0.05) is 29.8 Å². The van der Waals surface area contributed by atoms with Crippen LogP contribution in [0.15, 0.2) is 24.3 Å². The number of carbonyl (C=O) groups excluding carboxylic acids is 2. The number of hydrogen-bond donors (Lipinski definition) is 1. The molecule has 0 spiro atoms. The van der Waals surface area contributed by atoms with Gasteiger partial charge in [0.15, 0.2) is 0 Å². The minimum atomic E-state index is -3.23. The average Bonchev–Trinajstić information content (AvgIpc) is 3.01. The summed E-state index contributed by atoms with van der Waals surface area (Å²) in [4.78, 5) is 28.9. The molecule has 0 unspecified atom stereocenters. The number of rotatable bonds is 6. The van der Waals surface area contributed by atoms with E-state index in [0.717, 1.165) is 24.7 Å². The number of piperidine rings is 1. The van der Waals surface area contributed by atoms with Crippen molar-refractivity contribution in [1.29, 1.82) is 0 Å². The van der Waals surface area contributed by atoms with Crippen molar-refractivity contribution >= 4 is 21.8 Å². The number of benzene rings is 1. The lowest BCUT2D eigenvalue weighted by molar-refractivity contribution is -0.137. The molecule has 0 bridgehead atoms. The molecule has 2 heterocycles. The quantitative estimate of drug-likeness (QED) is 0.766. The van der Waals surface area contributed by atoms with Gasteiger partial charge >= 0.3 is 0 Å². The minimum absolute atomic E-state index is 0.0174. The number of aryl methyl sites for hydroxylation is 1. The van der Waals surface area contributed by atoms with Crippen LogP contribution in [0.5, 0.6) is 0 Å². The Labute approximate surface area is 167 Å². The fourth-order valence-corrected chi connectivity index (χ4v) is 4.50. The topological polar surface area (TPSA) is 86.8 Å². The molecule has 2 fully saturated rings. The van der Waals surface area contributed by atoms with Crippen LogP contribution < -0.4 is 4.72 Å². The molecule has 154 valence electrons. The van der Waals surface area contributed by atoms with Gasteiger partial charge in [0, 0.05) is 39.1 Å². The van der Waals surface area contributed by atoms with Gasteiger partial charge in [-0.15, -0.1) is 0 Å². The van der Waals surface area contributed by atoms with E-state index in [2.05, 4.69) is 4.72 Å².